The third-order valence-electron chi connectivity index (χ3n) is 4.80. The van der Waals surface area contributed by atoms with Gasteiger partial charge in [-0.25, -0.2) is 9.59 Å². The predicted octanol–water partition coefficient (Wildman–Crippen LogP) is 3.74. The van der Waals surface area contributed by atoms with Crippen molar-refractivity contribution in [2.45, 2.75) is 38.3 Å². The van der Waals surface area contributed by atoms with Gasteiger partial charge in [0.1, 0.15) is 0 Å². The van der Waals surface area contributed by atoms with E-state index in [1.54, 1.807) is 7.11 Å². The summed E-state index contributed by atoms with van der Waals surface area (Å²) in [6, 6.07) is 9.09. The van der Waals surface area contributed by atoms with Crippen LogP contribution in [0.25, 0.3) is 0 Å². The van der Waals surface area contributed by atoms with Crippen molar-refractivity contribution in [1.82, 2.24) is 14.7 Å². The van der Waals surface area contributed by atoms with E-state index in [2.05, 4.69) is 41.2 Å². The highest BCUT2D eigenvalue weighted by Crippen LogP contribution is 2.30. The molecule has 2 heterocycles. The second-order valence-corrected chi connectivity index (χ2v) is 7.46. The van der Waals surface area contributed by atoms with Crippen molar-refractivity contribution in [3.05, 3.63) is 52.8 Å². The summed E-state index contributed by atoms with van der Waals surface area (Å²) in [7, 11) is 3.80. The summed E-state index contributed by atoms with van der Waals surface area (Å²) >= 11 is 0. The van der Waals surface area contributed by atoms with Crippen molar-refractivity contribution in [3.8, 4) is 0 Å². The monoisotopic (exact) mass is 513 g/mol. The lowest BCUT2D eigenvalue weighted by molar-refractivity contribution is -0.193. The lowest BCUT2D eigenvalue weighted by Crippen LogP contribution is -2.38. The van der Waals surface area contributed by atoms with Crippen LogP contribution in [0.2, 0.25) is 0 Å². The summed E-state index contributed by atoms with van der Waals surface area (Å²) in [6.45, 7) is 4.85. The minimum absolute atomic E-state index is 0.285. The number of carbonyl (C=O) groups is 2. The Balaban J connectivity index is 0.000000362. The van der Waals surface area contributed by atoms with Gasteiger partial charge in [-0.3, -0.25) is 9.58 Å². The lowest BCUT2D eigenvalue weighted by atomic mass is 9.99. The Bertz CT molecular complexity index is 949. The zero-order chi connectivity index (χ0) is 27.0. The fourth-order valence-electron chi connectivity index (χ4n) is 3.17. The van der Waals surface area contributed by atoms with Crippen molar-refractivity contribution in [2.24, 2.45) is 7.05 Å². The molecule has 35 heavy (non-hydrogen) atoms. The maximum Gasteiger partial charge on any atom is 0.490 e. The molecule has 0 saturated carbocycles. The second kappa shape index (κ2) is 12.5. The van der Waals surface area contributed by atoms with Crippen LogP contribution in [0.1, 0.15) is 28.4 Å². The maximum atomic E-state index is 10.6. The van der Waals surface area contributed by atoms with E-state index in [4.69, 9.17) is 24.5 Å². The third kappa shape index (κ3) is 9.56. The van der Waals surface area contributed by atoms with Gasteiger partial charge >= 0.3 is 24.3 Å². The van der Waals surface area contributed by atoms with E-state index in [-0.39, 0.29) is 6.04 Å². The number of hydrogen-bond acceptors (Lipinski definition) is 5. The van der Waals surface area contributed by atoms with Crippen LogP contribution in [-0.2, 0) is 34.3 Å². The van der Waals surface area contributed by atoms with Gasteiger partial charge in [0.25, 0.3) is 0 Å². The summed E-state index contributed by atoms with van der Waals surface area (Å²) in [4.78, 5) is 20.3. The molecule has 1 aromatic heterocycles. The molecule has 3 rings (SSSR count). The summed E-state index contributed by atoms with van der Waals surface area (Å²) in [5.41, 5.74) is 5.32. The number of carboxylic acid groups (broad SMARTS) is 2. The topological polar surface area (TPSA) is 105 Å². The Kier molecular flexibility index (Phi) is 10.7. The smallest absolute Gasteiger partial charge is 0.475 e. The SMILES string of the molecule is COCC1c2c(cnn2C)CCN1Cc1ccc(C)cc1.O=C(O)C(F)(F)F.O=C(O)C(F)(F)F. The van der Waals surface area contributed by atoms with E-state index in [9.17, 15) is 26.3 Å². The number of ether oxygens (including phenoxy) is 1. The molecule has 0 spiro atoms. The van der Waals surface area contributed by atoms with Gasteiger partial charge in [-0.2, -0.15) is 31.4 Å². The van der Waals surface area contributed by atoms with Crippen molar-refractivity contribution >= 4 is 11.9 Å². The van der Waals surface area contributed by atoms with Crippen LogP contribution < -0.4 is 0 Å². The van der Waals surface area contributed by atoms with Gasteiger partial charge in [0, 0.05) is 27.2 Å². The van der Waals surface area contributed by atoms with E-state index in [0.717, 1.165) is 19.5 Å². The van der Waals surface area contributed by atoms with Gasteiger partial charge in [-0.15, -0.1) is 0 Å². The van der Waals surface area contributed by atoms with Crippen LogP contribution in [0.5, 0.6) is 0 Å². The van der Waals surface area contributed by atoms with Gasteiger partial charge in [0.2, 0.25) is 0 Å². The number of aryl methyl sites for hydroxylation is 2. The lowest BCUT2D eigenvalue weighted by Gasteiger charge is -2.35. The largest absolute Gasteiger partial charge is 0.490 e. The van der Waals surface area contributed by atoms with E-state index < -0.39 is 24.3 Å². The summed E-state index contributed by atoms with van der Waals surface area (Å²) in [5.74, 6) is -5.51. The highest BCUT2D eigenvalue weighted by atomic mass is 19.4. The van der Waals surface area contributed by atoms with E-state index >= 15 is 0 Å². The number of hydrogen-bond donors (Lipinski definition) is 2. The van der Waals surface area contributed by atoms with Crippen molar-refractivity contribution in [1.29, 1.82) is 0 Å². The first kappa shape index (κ1) is 29.9. The molecule has 1 atom stereocenters. The highest BCUT2D eigenvalue weighted by Gasteiger charge is 2.39. The summed E-state index contributed by atoms with van der Waals surface area (Å²) in [5, 5.41) is 18.7. The van der Waals surface area contributed by atoms with E-state index in [1.807, 2.05) is 17.9 Å². The highest BCUT2D eigenvalue weighted by molar-refractivity contribution is 5.73. The molecule has 14 heteroatoms. The molecule has 0 amide bonds. The number of methoxy groups -OCH3 is 1. The molecular formula is C21H25F6N3O5. The predicted molar refractivity (Wildman–Crippen MR) is 110 cm³/mol. The first-order valence-corrected chi connectivity index (χ1v) is 9.97. The maximum absolute atomic E-state index is 10.6. The third-order valence-corrected chi connectivity index (χ3v) is 4.80. The number of aromatic nitrogens is 2. The number of carboxylic acids is 2. The molecule has 196 valence electrons. The Labute approximate surface area is 196 Å². The molecule has 2 N–H and O–H groups in total. The number of nitrogens with zero attached hydrogens (tertiary/aromatic N) is 3. The van der Waals surface area contributed by atoms with Crippen molar-refractivity contribution < 1.29 is 50.9 Å². The van der Waals surface area contributed by atoms with Crippen LogP contribution in [0, 0.1) is 6.92 Å². The van der Waals surface area contributed by atoms with Gasteiger partial charge in [-0.1, -0.05) is 29.8 Å². The zero-order valence-electron chi connectivity index (χ0n) is 19.0. The average molecular weight is 513 g/mol. The van der Waals surface area contributed by atoms with Crippen molar-refractivity contribution in [3.63, 3.8) is 0 Å². The van der Waals surface area contributed by atoms with Crippen LogP contribution in [-0.4, -0.2) is 69.4 Å². The minimum Gasteiger partial charge on any atom is -0.475 e. The van der Waals surface area contributed by atoms with E-state index in [1.165, 1.54) is 22.4 Å². The fraction of sp³-hybridized carbons (Fsp3) is 0.476. The quantitative estimate of drug-likeness (QED) is 0.601. The molecule has 0 aliphatic carbocycles. The summed E-state index contributed by atoms with van der Waals surface area (Å²) < 4.78 is 70.9. The molecule has 0 radical (unpaired) electrons. The average Bonchev–Trinajstić information content (AvgIpc) is 3.12. The molecule has 0 saturated heterocycles. The van der Waals surface area contributed by atoms with Gasteiger partial charge in [0.05, 0.1) is 24.5 Å². The van der Waals surface area contributed by atoms with Crippen molar-refractivity contribution in [2.75, 3.05) is 20.3 Å². The number of fused-ring (bicyclic) bond motifs is 1. The Morgan fingerprint density at radius 3 is 1.97 bits per heavy atom. The Hall–Kier alpha value is -3.13. The van der Waals surface area contributed by atoms with Gasteiger partial charge in [0.15, 0.2) is 0 Å². The molecule has 1 aromatic carbocycles. The van der Waals surface area contributed by atoms with Crippen LogP contribution in [0.15, 0.2) is 30.5 Å². The number of rotatable bonds is 4. The van der Waals surface area contributed by atoms with E-state index in [0.29, 0.717) is 6.61 Å². The standard InChI is InChI=1S/C17H23N3O.2C2HF3O2/c1-13-4-6-14(7-5-13)11-20-9-8-15-10-18-19(2)17(15)16(20)12-21-3;2*3-2(4,5)1(6)7/h4-7,10,16H,8-9,11-12H2,1-3H3;2*(H,6,7). The second-order valence-electron chi connectivity index (χ2n) is 7.46. The molecule has 1 aliphatic heterocycles. The Morgan fingerprint density at radius 2 is 1.54 bits per heavy atom. The molecular weight excluding hydrogens is 488 g/mol. The molecule has 1 unspecified atom stereocenters. The first-order chi connectivity index (χ1) is 16.1. The minimum atomic E-state index is -5.08. The number of halogens is 6. The number of benzene rings is 1. The van der Waals surface area contributed by atoms with Crippen LogP contribution >= 0.6 is 0 Å². The Morgan fingerprint density at radius 1 is 1.06 bits per heavy atom. The first-order valence-electron chi connectivity index (χ1n) is 9.97. The molecule has 0 fully saturated rings. The molecule has 0 bridgehead atoms. The normalized spacial score (nSPS) is 15.7. The summed E-state index contributed by atoms with van der Waals surface area (Å²) in [6.07, 6.45) is -7.10. The van der Waals surface area contributed by atoms with Gasteiger partial charge in [-0.05, 0) is 24.5 Å². The van der Waals surface area contributed by atoms with Gasteiger partial charge < -0.3 is 14.9 Å². The number of aliphatic carboxylic acids is 2. The number of alkyl halides is 6. The molecule has 2 aromatic rings. The van der Waals surface area contributed by atoms with Crippen LogP contribution in [0.3, 0.4) is 0 Å². The van der Waals surface area contributed by atoms with Crippen LogP contribution in [0.4, 0.5) is 26.3 Å². The zero-order valence-corrected chi connectivity index (χ0v) is 19.0. The molecule has 8 nitrogen and oxygen atoms in total. The fourth-order valence-corrected chi connectivity index (χ4v) is 3.17. The molecule has 1 aliphatic rings.